The first-order chi connectivity index (χ1) is 13.7. The van der Waals surface area contributed by atoms with E-state index in [1.54, 1.807) is 34.7 Å². The SMILES string of the molecule is COc1cc(OC)c(C=NN2CCN(c3ccccc3OC)CC2)c(OC)c1. The summed E-state index contributed by atoms with van der Waals surface area (Å²) in [4.78, 5) is 2.32. The van der Waals surface area contributed by atoms with Gasteiger partial charge in [-0.05, 0) is 12.1 Å². The van der Waals surface area contributed by atoms with Crippen molar-refractivity contribution >= 4 is 11.9 Å². The molecule has 0 spiro atoms. The maximum absolute atomic E-state index is 5.48. The summed E-state index contributed by atoms with van der Waals surface area (Å²) in [5, 5.41) is 6.70. The Balaban J connectivity index is 1.70. The predicted octanol–water partition coefficient (Wildman–Crippen LogP) is 2.88. The number of hydrogen-bond acceptors (Lipinski definition) is 7. The Labute approximate surface area is 166 Å². The first-order valence-electron chi connectivity index (χ1n) is 9.17. The topological polar surface area (TPSA) is 55.8 Å². The van der Waals surface area contributed by atoms with Crippen molar-refractivity contribution in [1.29, 1.82) is 0 Å². The Morgan fingerprint density at radius 3 is 1.96 bits per heavy atom. The van der Waals surface area contributed by atoms with Crippen LogP contribution in [-0.4, -0.2) is 65.8 Å². The van der Waals surface area contributed by atoms with Crippen molar-refractivity contribution in [2.24, 2.45) is 5.10 Å². The van der Waals surface area contributed by atoms with Gasteiger partial charge >= 0.3 is 0 Å². The summed E-state index contributed by atoms with van der Waals surface area (Å²) in [5.41, 5.74) is 1.91. The number of hydrazone groups is 1. The van der Waals surface area contributed by atoms with Crippen molar-refractivity contribution in [2.75, 3.05) is 59.5 Å². The zero-order valence-corrected chi connectivity index (χ0v) is 16.8. The lowest BCUT2D eigenvalue weighted by Crippen LogP contribution is -2.44. The minimum absolute atomic E-state index is 0.660. The van der Waals surface area contributed by atoms with Gasteiger partial charge in [-0.3, -0.25) is 5.01 Å². The molecule has 7 heteroatoms. The monoisotopic (exact) mass is 385 g/mol. The molecule has 0 aliphatic carbocycles. The fourth-order valence-corrected chi connectivity index (χ4v) is 3.24. The van der Waals surface area contributed by atoms with Crippen LogP contribution in [-0.2, 0) is 0 Å². The normalized spacial score (nSPS) is 14.3. The second-order valence-corrected chi connectivity index (χ2v) is 6.30. The molecule has 0 saturated carbocycles. The molecule has 1 heterocycles. The highest BCUT2D eigenvalue weighted by Gasteiger charge is 2.19. The second kappa shape index (κ2) is 9.21. The zero-order chi connectivity index (χ0) is 19.9. The van der Waals surface area contributed by atoms with E-state index in [1.807, 2.05) is 30.3 Å². The summed E-state index contributed by atoms with van der Waals surface area (Å²) in [5.74, 6) is 2.89. The van der Waals surface area contributed by atoms with Gasteiger partial charge in [-0.1, -0.05) is 12.1 Å². The number of benzene rings is 2. The van der Waals surface area contributed by atoms with Crippen molar-refractivity contribution < 1.29 is 18.9 Å². The Morgan fingerprint density at radius 1 is 0.786 bits per heavy atom. The molecule has 0 aromatic heterocycles. The third kappa shape index (κ3) is 4.24. The van der Waals surface area contributed by atoms with Gasteiger partial charge in [-0.2, -0.15) is 5.10 Å². The van der Waals surface area contributed by atoms with Gasteiger partial charge in [0.2, 0.25) is 0 Å². The number of rotatable bonds is 7. The van der Waals surface area contributed by atoms with E-state index in [9.17, 15) is 0 Å². The standard InChI is InChI=1S/C21H27N3O4/c1-25-16-13-20(27-3)17(21(14-16)28-4)15-22-24-11-9-23(10-12-24)18-7-5-6-8-19(18)26-2/h5-8,13-15H,9-12H2,1-4H3. The Bertz CT molecular complexity index is 792. The minimum atomic E-state index is 0.660. The van der Waals surface area contributed by atoms with E-state index in [0.717, 1.165) is 43.2 Å². The fourth-order valence-electron chi connectivity index (χ4n) is 3.24. The van der Waals surface area contributed by atoms with E-state index in [0.29, 0.717) is 17.2 Å². The number of anilines is 1. The van der Waals surface area contributed by atoms with Crippen molar-refractivity contribution in [3.63, 3.8) is 0 Å². The molecule has 1 saturated heterocycles. The molecular formula is C21H27N3O4. The van der Waals surface area contributed by atoms with Crippen molar-refractivity contribution in [3.05, 3.63) is 42.0 Å². The smallest absolute Gasteiger partial charge is 0.142 e. The number of methoxy groups -OCH3 is 4. The number of ether oxygens (including phenoxy) is 4. The van der Waals surface area contributed by atoms with Gasteiger partial charge in [-0.25, -0.2) is 0 Å². The van der Waals surface area contributed by atoms with Crippen molar-refractivity contribution in [2.45, 2.75) is 0 Å². The van der Waals surface area contributed by atoms with Gasteiger partial charge in [0.25, 0.3) is 0 Å². The zero-order valence-electron chi connectivity index (χ0n) is 16.8. The van der Waals surface area contributed by atoms with Gasteiger partial charge in [-0.15, -0.1) is 0 Å². The average molecular weight is 385 g/mol. The summed E-state index contributed by atoms with van der Waals surface area (Å²) in [6.45, 7) is 3.37. The predicted molar refractivity (Wildman–Crippen MR) is 110 cm³/mol. The van der Waals surface area contributed by atoms with Gasteiger partial charge < -0.3 is 23.8 Å². The Hall–Kier alpha value is -3.09. The quantitative estimate of drug-likeness (QED) is 0.683. The molecule has 2 aromatic carbocycles. The third-order valence-corrected chi connectivity index (χ3v) is 4.79. The molecular weight excluding hydrogens is 358 g/mol. The van der Waals surface area contributed by atoms with E-state index in [2.05, 4.69) is 21.1 Å². The van der Waals surface area contributed by atoms with Crippen LogP contribution < -0.4 is 23.8 Å². The molecule has 0 N–H and O–H groups in total. The van der Waals surface area contributed by atoms with Crippen molar-refractivity contribution in [1.82, 2.24) is 5.01 Å². The van der Waals surface area contributed by atoms with Gasteiger partial charge in [0.1, 0.15) is 23.0 Å². The van der Waals surface area contributed by atoms with Crippen LogP contribution in [0.15, 0.2) is 41.5 Å². The highest BCUT2D eigenvalue weighted by Crippen LogP contribution is 2.33. The maximum Gasteiger partial charge on any atom is 0.142 e. The number of para-hydroxylation sites is 2. The van der Waals surface area contributed by atoms with E-state index in [-0.39, 0.29) is 0 Å². The maximum atomic E-state index is 5.48. The molecule has 150 valence electrons. The molecule has 0 atom stereocenters. The van der Waals surface area contributed by atoms with Crippen molar-refractivity contribution in [3.8, 4) is 23.0 Å². The number of piperazine rings is 1. The van der Waals surface area contributed by atoms with Crippen LogP contribution >= 0.6 is 0 Å². The first kappa shape index (κ1) is 19.7. The number of nitrogens with zero attached hydrogens (tertiary/aromatic N) is 3. The first-order valence-corrected chi connectivity index (χ1v) is 9.17. The van der Waals surface area contributed by atoms with Gasteiger partial charge in [0, 0.05) is 25.2 Å². The fraction of sp³-hybridized carbons (Fsp3) is 0.381. The molecule has 0 bridgehead atoms. The van der Waals surface area contributed by atoms with Crippen LogP contribution in [0.1, 0.15) is 5.56 Å². The van der Waals surface area contributed by atoms with E-state index >= 15 is 0 Å². The van der Waals surface area contributed by atoms with E-state index in [4.69, 9.17) is 18.9 Å². The van der Waals surface area contributed by atoms with Gasteiger partial charge in [0.15, 0.2) is 0 Å². The molecule has 1 fully saturated rings. The minimum Gasteiger partial charge on any atom is -0.496 e. The third-order valence-electron chi connectivity index (χ3n) is 4.79. The van der Waals surface area contributed by atoms with Gasteiger partial charge in [0.05, 0.1) is 59.0 Å². The highest BCUT2D eigenvalue weighted by molar-refractivity contribution is 5.88. The lowest BCUT2D eigenvalue weighted by molar-refractivity contribution is 0.271. The summed E-state index contributed by atoms with van der Waals surface area (Å²) >= 11 is 0. The Morgan fingerprint density at radius 2 is 1.39 bits per heavy atom. The van der Waals surface area contributed by atoms with Crippen LogP contribution in [0.3, 0.4) is 0 Å². The lowest BCUT2D eigenvalue weighted by atomic mass is 10.2. The summed E-state index contributed by atoms with van der Waals surface area (Å²) in [6.07, 6.45) is 1.79. The highest BCUT2D eigenvalue weighted by atomic mass is 16.5. The van der Waals surface area contributed by atoms with Crippen LogP contribution in [0.4, 0.5) is 5.69 Å². The molecule has 1 aliphatic rings. The van der Waals surface area contributed by atoms with Crippen LogP contribution in [0.5, 0.6) is 23.0 Å². The largest absolute Gasteiger partial charge is 0.496 e. The molecule has 28 heavy (non-hydrogen) atoms. The second-order valence-electron chi connectivity index (χ2n) is 6.30. The summed E-state index contributed by atoms with van der Waals surface area (Å²) < 4.78 is 21.7. The average Bonchev–Trinajstić information content (AvgIpc) is 2.77. The number of hydrogen-bond donors (Lipinski definition) is 0. The molecule has 0 radical (unpaired) electrons. The summed E-state index contributed by atoms with van der Waals surface area (Å²) in [6, 6.07) is 11.7. The van der Waals surface area contributed by atoms with Crippen LogP contribution in [0, 0.1) is 0 Å². The van der Waals surface area contributed by atoms with Crippen LogP contribution in [0.25, 0.3) is 0 Å². The van der Waals surface area contributed by atoms with E-state index < -0.39 is 0 Å². The lowest BCUT2D eigenvalue weighted by Gasteiger charge is -2.35. The molecule has 0 unspecified atom stereocenters. The molecule has 2 aromatic rings. The van der Waals surface area contributed by atoms with E-state index in [1.165, 1.54) is 0 Å². The molecule has 0 amide bonds. The molecule has 1 aliphatic heterocycles. The Kier molecular flexibility index (Phi) is 6.47. The molecule has 7 nitrogen and oxygen atoms in total. The van der Waals surface area contributed by atoms with Crippen LogP contribution in [0.2, 0.25) is 0 Å². The summed E-state index contributed by atoms with van der Waals surface area (Å²) in [7, 11) is 6.56. The molecule has 3 rings (SSSR count).